The third-order valence-electron chi connectivity index (χ3n) is 5.49. The van der Waals surface area contributed by atoms with Gasteiger partial charge in [-0.1, -0.05) is 60.7 Å². The van der Waals surface area contributed by atoms with Crippen molar-refractivity contribution in [1.82, 2.24) is 0 Å². The molecule has 0 N–H and O–H groups in total. The molecule has 2 aromatic carbocycles. The molecule has 3 aliphatic heterocycles. The fraction of sp³-hybridized carbons (Fsp3) is 0.417. The number of fused-ring (bicyclic) bond motifs is 2. The average molecular weight is 426 g/mol. The Morgan fingerprint density at radius 1 is 0.806 bits per heavy atom. The van der Waals surface area contributed by atoms with E-state index < -0.39 is 23.5 Å². The quantitative estimate of drug-likeness (QED) is 0.615. The van der Waals surface area contributed by atoms with Crippen LogP contribution in [-0.2, 0) is 46.7 Å². The second kappa shape index (κ2) is 7.62. The van der Waals surface area contributed by atoms with E-state index in [4.69, 9.17) is 33.5 Å². The van der Waals surface area contributed by atoms with Crippen molar-refractivity contribution in [3.63, 3.8) is 0 Å². The second-order valence-electron chi connectivity index (χ2n) is 8.41. The maximum atomic E-state index is 6.26. The van der Waals surface area contributed by atoms with Crippen LogP contribution in [0.3, 0.4) is 0 Å². The molecular weight excluding hydrogens is 400 g/mol. The predicted octanol–water partition coefficient (Wildman–Crippen LogP) is 4.19. The largest absolute Gasteiger partial charge is 0.484 e. The summed E-state index contributed by atoms with van der Waals surface area (Å²) in [7, 11) is 0. The van der Waals surface area contributed by atoms with Gasteiger partial charge in [0.1, 0.15) is 19.3 Å². The Balaban J connectivity index is 1.47. The first-order valence-corrected chi connectivity index (χ1v) is 10.4. The molecule has 0 aromatic heterocycles. The van der Waals surface area contributed by atoms with Crippen molar-refractivity contribution in [2.45, 2.75) is 57.5 Å². The van der Waals surface area contributed by atoms with Crippen LogP contribution in [0.25, 0.3) is 0 Å². The monoisotopic (exact) mass is 426 g/mol. The molecule has 0 amide bonds. The molecule has 7 nitrogen and oxygen atoms in total. The van der Waals surface area contributed by atoms with Crippen LogP contribution in [0.1, 0.15) is 31.9 Å². The van der Waals surface area contributed by atoms with Gasteiger partial charge in [0.15, 0.2) is 5.79 Å². The van der Waals surface area contributed by atoms with Gasteiger partial charge in [0, 0.05) is 6.92 Å². The van der Waals surface area contributed by atoms with Gasteiger partial charge in [-0.15, -0.1) is 0 Å². The number of benzene rings is 2. The Hall–Kier alpha value is -2.42. The molecule has 0 aliphatic carbocycles. The molecule has 2 saturated heterocycles. The van der Waals surface area contributed by atoms with Crippen molar-refractivity contribution >= 4 is 0 Å². The van der Waals surface area contributed by atoms with Crippen molar-refractivity contribution in [3.8, 4) is 0 Å². The summed E-state index contributed by atoms with van der Waals surface area (Å²) in [5, 5.41) is 0. The summed E-state index contributed by atoms with van der Waals surface area (Å²) in [5.74, 6) is -2.59. The lowest BCUT2D eigenvalue weighted by Crippen LogP contribution is -2.47. The zero-order valence-corrected chi connectivity index (χ0v) is 17.8. The van der Waals surface area contributed by atoms with E-state index in [0.29, 0.717) is 24.7 Å². The Morgan fingerprint density at radius 3 is 1.94 bits per heavy atom. The van der Waals surface area contributed by atoms with Crippen LogP contribution >= 0.6 is 0 Å². The van der Waals surface area contributed by atoms with Gasteiger partial charge in [-0.05, 0) is 25.0 Å². The lowest BCUT2D eigenvalue weighted by atomic mass is 10.1. The maximum Gasteiger partial charge on any atom is 0.295 e. The predicted molar refractivity (Wildman–Crippen MR) is 109 cm³/mol. The summed E-state index contributed by atoms with van der Waals surface area (Å²) in [6, 6.07) is 19.7. The highest BCUT2D eigenvalue weighted by atomic mass is 17.3. The van der Waals surface area contributed by atoms with E-state index >= 15 is 0 Å². The minimum absolute atomic E-state index is 0.261. The van der Waals surface area contributed by atoms with Gasteiger partial charge < -0.3 is 18.9 Å². The van der Waals surface area contributed by atoms with E-state index in [1.807, 2.05) is 74.5 Å². The number of hydrogen-bond acceptors (Lipinski definition) is 7. The fourth-order valence-electron chi connectivity index (χ4n) is 3.96. The van der Waals surface area contributed by atoms with E-state index in [0.717, 1.165) is 11.1 Å². The molecule has 164 valence electrons. The molecule has 0 spiro atoms. The summed E-state index contributed by atoms with van der Waals surface area (Å²) in [6.07, 6.45) is -0.590. The molecular formula is C24H26O7. The Labute approximate surface area is 181 Å². The van der Waals surface area contributed by atoms with Crippen molar-refractivity contribution in [2.75, 3.05) is 6.61 Å². The van der Waals surface area contributed by atoms with Crippen LogP contribution in [0.15, 0.2) is 72.2 Å². The molecule has 3 aliphatic rings. The van der Waals surface area contributed by atoms with Gasteiger partial charge in [-0.2, -0.15) is 9.78 Å². The standard InChI is InChI=1S/C24H26O7/c1-22(2)27-16-19(28-22)24-21(26-15-18-12-8-5-9-13-18)20(23(3,29-24)30-31-24)25-14-17-10-6-4-7-11-17/h4-13,19H,14-16H2,1-3H3/t19-,23?,24?/m0/s1. The molecule has 2 fully saturated rings. The highest BCUT2D eigenvalue weighted by Gasteiger charge is 2.71. The number of rotatable bonds is 7. The van der Waals surface area contributed by atoms with Gasteiger partial charge in [-0.25, -0.2) is 0 Å². The smallest absolute Gasteiger partial charge is 0.295 e. The third kappa shape index (κ3) is 3.73. The Morgan fingerprint density at radius 2 is 1.39 bits per heavy atom. The molecule has 2 unspecified atom stereocenters. The Kier molecular flexibility index (Phi) is 5.03. The zero-order chi connectivity index (χ0) is 21.5. The summed E-state index contributed by atoms with van der Waals surface area (Å²) in [6.45, 7) is 6.34. The van der Waals surface area contributed by atoms with E-state index in [1.54, 1.807) is 6.92 Å². The van der Waals surface area contributed by atoms with E-state index in [2.05, 4.69) is 0 Å². The SMILES string of the molecule is CC1(C)OC[C@@H](C23OOC(C)(O2)C(OCc2ccccc2)=C3OCc2ccccc2)O1. The molecule has 0 saturated carbocycles. The Bertz CT molecular complexity index is 958. The van der Waals surface area contributed by atoms with Crippen molar-refractivity contribution in [1.29, 1.82) is 0 Å². The first kappa shape index (κ1) is 20.5. The molecule has 3 atom stereocenters. The lowest BCUT2D eigenvalue weighted by molar-refractivity contribution is -0.371. The van der Waals surface area contributed by atoms with Crippen molar-refractivity contribution < 1.29 is 33.5 Å². The topological polar surface area (TPSA) is 64.6 Å². The summed E-state index contributed by atoms with van der Waals surface area (Å²) in [4.78, 5) is 11.3. The van der Waals surface area contributed by atoms with Crippen LogP contribution in [0.2, 0.25) is 0 Å². The van der Waals surface area contributed by atoms with Crippen LogP contribution in [0.4, 0.5) is 0 Å². The molecule has 5 rings (SSSR count). The number of ether oxygens (including phenoxy) is 5. The molecule has 0 radical (unpaired) electrons. The normalized spacial score (nSPS) is 31.3. The summed E-state index contributed by atoms with van der Waals surface area (Å²) in [5.41, 5.74) is 2.02. The van der Waals surface area contributed by atoms with Crippen LogP contribution in [0.5, 0.6) is 0 Å². The highest BCUT2D eigenvalue weighted by Crippen LogP contribution is 2.55. The molecule has 3 heterocycles. The van der Waals surface area contributed by atoms with Crippen LogP contribution < -0.4 is 0 Å². The minimum Gasteiger partial charge on any atom is -0.484 e. The van der Waals surface area contributed by atoms with Crippen molar-refractivity contribution in [3.05, 3.63) is 83.3 Å². The van der Waals surface area contributed by atoms with Gasteiger partial charge in [0.05, 0.1) is 6.61 Å². The first-order valence-electron chi connectivity index (χ1n) is 10.4. The third-order valence-corrected chi connectivity index (χ3v) is 5.49. The van der Waals surface area contributed by atoms with Crippen LogP contribution in [-0.4, -0.2) is 30.1 Å². The van der Waals surface area contributed by atoms with Gasteiger partial charge in [0.25, 0.3) is 11.6 Å². The van der Waals surface area contributed by atoms with E-state index in [9.17, 15) is 0 Å². The average Bonchev–Trinajstić information content (AvgIpc) is 3.39. The maximum absolute atomic E-state index is 6.26. The van der Waals surface area contributed by atoms with Gasteiger partial charge in [0.2, 0.25) is 11.5 Å². The van der Waals surface area contributed by atoms with Crippen molar-refractivity contribution in [2.24, 2.45) is 0 Å². The van der Waals surface area contributed by atoms with E-state index in [1.165, 1.54) is 0 Å². The molecule has 7 heteroatoms. The molecule has 2 aromatic rings. The van der Waals surface area contributed by atoms with Gasteiger partial charge in [-0.3, -0.25) is 4.74 Å². The lowest BCUT2D eigenvalue weighted by Gasteiger charge is -2.30. The summed E-state index contributed by atoms with van der Waals surface area (Å²) >= 11 is 0. The number of hydrogen-bond donors (Lipinski definition) is 0. The summed E-state index contributed by atoms with van der Waals surface area (Å²) < 4.78 is 30.5. The zero-order valence-electron chi connectivity index (χ0n) is 17.8. The van der Waals surface area contributed by atoms with Gasteiger partial charge >= 0.3 is 0 Å². The molecule has 31 heavy (non-hydrogen) atoms. The van der Waals surface area contributed by atoms with E-state index in [-0.39, 0.29) is 6.61 Å². The highest BCUT2D eigenvalue weighted by molar-refractivity contribution is 5.29. The second-order valence-corrected chi connectivity index (χ2v) is 8.41. The molecule has 2 bridgehead atoms. The van der Waals surface area contributed by atoms with Crippen LogP contribution in [0, 0.1) is 0 Å². The minimum atomic E-state index is -1.41. The first-order chi connectivity index (χ1) is 14.9. The fourth-order valence-corrected chi connectivity index (χ4v) is 3.96.